The van der Waals surface area contributed by atoms with Crippen molar-refractivity contribution in [3.63, 3.8) is 0 Å². The summed E-state index contributed by atoms with van der Waals surface area (Å²) >= 11 is 6.06. The van der Waals surface area contributed by atoms with Crippen LogP contribution in [0, 0.1) is 27.7 Å². The number of rotatable bonds is 1. The first-order valence-electron chi connectivity index (χ1n) is 5.56. The Hall–Kier alpha value is -1.35. The fraction of sp³-hybridized carbons (Fsp3) is 0.385. The molecule has 0 bridgehead atoms. The molecule has 2 aromatic rings. The van der Waals surface area contributed by atoms with Gasteiger partial charge in [0.2, 0.25) is 0 Å². The van der Waals surface area contributed by atoms with Crippen molar-refractivity contribution in [2.24, 2.45) is 7.05 Å². The lowest BCUT2D eigenvalue weighted by atomic mass is 10.1. The number of aryl methyl sites for hydroxylation is 3. The Morgan fingerprint density at radius 1 is 1.12 bits per heavy atom. The number of hydrogen-bond acceptors (Lipinski definition) is 2. The van der Waals surface area contributed by atoms with Crippen molar-refractivity contribution < 1.29 is 0 Å². The Morgan fingerprint density at radius 2 is 1.76 bits per heavy atom. The van der Waals surface area contributed by atoms with Crippen LogP contribution >= 0.6 is 11.6 Å². The fourth-order valence-corrected chi connectivity index (χ4v) is 2.06. The first kappa shape index (κ1) is 12.1. The molecule has 0 aromatic carbocycles. The highest BCUT2D eigenvalue weighted by atomic mass is 35.5. The van der Waals surface area contributed by atoms with Crippen LogP contribution < -0.4 is 0 Å². The molecule has 0 aliphatic heterocycles. The van der Waals surface area contributed by atoms with E-state index in [1.54, 1.807) is 0 Å². The zero-order chi connectivity index (χ0) is 12.7. The van der Waals surface area contributed by atoms with Crippen LogP contribution in [0.3, 0.4) is 0 Å². The predicted octanol–water partition coefficient (Wildman–Crippen LogP) is 3.37. The molecule has 0 amide bonds. The minimum absolute atomic E-state index is 0.705. The number of hydrogen-bond donors (Lipinski definition) is 0. The molecule has 2 aromatic heterocycles. The molecular formula is C13H16ClN3. The molecule has 3 nitrogen and oxygen atoms in total. The molecule has 0 N–H and O–H groups in total. The van der Waals surface area contributed by atoms with E-state index in [2.05, 4.69) is 23.9 Å². The van der Waals surface area contributed by atoms with E-state index < -0.39 is 0 Å². The van der Waals surface area contributed by atoms with E-state index in [9.17, 15) is 0 Å². The lowest BCUT2D eigenvalue weighted by Crippen LogP contribution is -1.95. The molecule has 4 heteroatoms. The van der Waals surface area contributed by atoms with E-state index in [0.717, 1.165) is 28.3 Å². The summed E-state index contributed by atoms with van der Waals surface area (Å²) in [5, 5.41) is 5.23. The summed E-state index contributed by atoms with van der Waals surface area (Å²) in [4.78, 5) is 4.55. The summed E-state index contributed by atoms with van der Waals surface area (Å²) < 4.78 is 1.88. The van der Waals surface area contributed by atoms with Gasteiger partial charge in [-0.25, -0.2) is 4.98 Å². The van der Waals surface area contributed by atoms with Crippen LogP contribution in [0.4, 0.5) is 0 Å². The van der Waals surface area contributed by atoms with Crippen molar-refractivity contribution in [2.45, 2.75) is 27.7 Å². The van der Waals surface area contributed by atoms with E-state index in [0.29, 0.717) is 5.02 Å². The second-order valence-electron chi connectivity index (χ2n) is 4.40. The molecule has 0 aliphatic rings. The van der Waals surface area contributed by atoms with E-state index in [4.69, 9.17) is 11.6 Å². The first-order valence-corrected chi connectivity index (χ1v) is 5.94. The number of nitrogens with zero attached hydrogens (tertiary/aromatic N) is 3. The Morgan fingerprint density at radius 3 is 2.29 bits per heavy atom. The van der Waals surface area contributed by atoms with Crippen LogP contribution in [0.25, 0.3) is 11.4 Å². The van der Waals surface area contributed by atoms with Gasteiger partial charge in [-0.05, 0) is 44.9 Å². The second-order valence-corrected chi connectivity index (χ2v) is 4.81. The summed E-state index contributed by atoms with van der Waals surface area (Å²) in [6, 6.07) is 1.95. The molecule has 2 heterocycles. The van der Waals surface area contributed by atoms with Gasteiger partial charge >= 0.3 is 0 Å². The summed E-state index contributed by atoms with van der Waals surface area (Å²) in [5.74, 6) is 0. The lowest BCUT2D eigenvalue weighted by Gasteiger charge is -2.06. The molecule has 0 radical (unpaired) electrons. The summed E-state index contributed by atoms with van der Waals surface area (Å²) in [5.41, 5.74) is 6.10. The van der Waals surface area contributed by atoms with Crippen molar-refractivity contribution in [1.29, 1.82) is 0 Å². The summed E-state index contributed by atoms with van der Waals surface area (Å²) in [6.45, 7) is 8.06. The Balaban J connectivity index is 2.68. The van der Waals surface area contributed by atoms with Crippen LogP contribution in [-0.4, -0.2) is 14.8 Å². The van der Waals surface area contributed by atoms with Gasteiger partial charge in [0, 0.05) is 12.7 Å². The maximum Gasteiger partial charge on any atom is 0.114 e. The average molecular weight is 250 g/mol. The molecule has 90 valence electrons. The van der Waals surface area contributed by atoms with Gasteiger partial charge in [0.05, 0.1) is 16.4 Å². The third kappa shape index (κ3) is 1.95. The molecule has 0 unspecified atom stereocenters. The monoisotopic (exact) mass is 249 g/mol. The van der Waals surface area contributed by atoms with Crippen LogP contribution in [0.15, 0.2) is 6.07 Å². The largest absolute Gasteiger partial charge is 0.272 e. The van der Waals surface area contributed by atoms with Crippen molar-refractivity contribution in [2.75, 3.05) is 0 Å². The van der Waals surface area contributed by atoms with Gasteiger partial charge in [0.15, 0.2) is 0 Å². The third-order valence-corrected chi connectivity index (χ3v) is 3.58. The molecule has 0 saturated carbocycles. The van der Waals surface area contributed by atoms with E-state index in [1.165, 1.54) is 5.56 Å². The van der Waals surface area contributed by atoms with Gasteiger partial charge < -0.3 is 0 Å². The van der Waals surface area contributed by atoms with Crippen molar-refractivity contribution >= 4 is 11.6 Å². The van der Waals surface area contributed by atoms with E-state index >= 15 is 0 Å². The fourth-order valence-electron chi connectivity index (χ4n) is 1.85. The van der Waals surface area contributed by atoms with Crippen molar-refractivity contribution in [3.8, 4) is 11.4 Å². The zero-order valence-corrected chi connectivity index (χ0v) is 11.6. The minimum Gasteiger partial charge on any atom is -0.272 e. The molecule has 0 aliphatic carbocycles. The molecule has 2 rings (SSSR count). The molecule has 0 saturated heterocycles. The number of pyridine rings is 1. The first-order chi connectivity index (χ1) is 7.91. The Labute approximate surface area is 106 Å². The number of halogens is 1. The Kier molecular flexibility index (Phi) is 2.96. The normalized spacial score (nSPS) is 10.9. The zero-order valence-electron chi connectivity index (χ0n) is 10.8. The molecule has 0 atom stereocenters. The topological polar surface area (TPSA) is 30.7 Å². The van der Waals surface area contributed by atoms with Crippen LogP contribution in [-0.2, 0) is 7.05 Å². The van der Waals surface area contributed by atoms with Gasteiger partial charge in [-0.1, -0.05) is 11.6 Å². The highest BCUT2D eigenvalue weighted by Gasteiger charge is 2.15. The van der Waals surface area contributed by atoms with Crippen molar-refractivity contribution in [1.82, 2.24) is 14.8 Å². The van der Waals surface area contributed by atoms with Crippen LogP contribution in [0.1, 0.15) is 22.5 Å². The lowest BCUT2D eigenvalue weighted by molar-refractivity contribution is 0.740. The van der Waals surface area contributed by atoms with E-state index in [-0.39, 0.29) is 0 Å². The smallest absolute Gasteiger partial charge is 0.114 e. The highest BCUT2D eigenvalue weighted by molar-refractivity contribution is 6.31. The van der Waals surface area contributed by atoms with Gasteiger partial charge in [-0.3, -0.25) is 4.68 Å². The standard InChI is InChI=1S/C13H16ClN3/c1-7-6-11(14)9(3)15-12(7)13-8(2)10(4)17(5)16-13/h6H,1-5H3. The van der Waals surface area contributed by atoms with Gasteiger partial charge in [-0.2, -0.15) is 5.10 Å². The quantitative estimate of drug-likeness (QED) is 0.776. The Bertz CT molecular complexity index is 585. The minimum atomic E-state index is 0.705. The van der Waals surface area contributed by atoms with E-state index in [1.807, 2.05) is 31.6 Å². The van der Waals surface area contributed by atoms with Crippen LogP contribution in [0.2, 0.25) is 5.02 Å². The molecule has 0 spiro atoms. The summed E-state index contributed by atoms with van der Waals surface area (Å²) in [7, 11) is 1.95. The van der Waals surface area contributed by atoms with Crippen molar-refractivity contribution in [3.05, 3.63) is 33.6 Å². The molecule has 17 heavy (non-hydrogen) atoms. The second kappa shape index (κ2) is 4.15. The van der Waals surface area contributed by atoms with Crippen LogP contribution in [0.5, 0.6) is 0 Å². The number of aromatic nitrogens is 3. The maximum absolute atomic E-state index is 6.06. The van der Waals surface area contributed by atoms with Gasteiger partial charge in [0.25, 0.3) is 0 Å². The molecule has 0 fully saturated rings. The third-order valence-electron chi connectivity index (χ3n) is 3.20. The van der Waals surface area contributed by atoms with Gasteiger partial charge in [0.1, 0.15) is 5.69 Å². The molecular weight excluding hydrogens is 234 g/mol. The SMILES string of the molecule is Cc1cc(Cl)c(C)nc1-c1nn(C)c(C)c1C. The predicted molar refractivity (Wildman–Crippen MR) is 70.4 cm³/mol. The highest BCUT2D eigenvalue weighted by Crippen LogP contribution is 2.28. The summed E-state index contributed by atoms with van der Waals surface area (Å²) in [6.07, 6.45) is 0. The average Bonchev–Trinajstić information content (AvgIpc) is 2.51. The maximum atomic E-state index is 6.06. The van der Waals surface area contributed by atoms with Gasteiger partial charge in [-0.15, -0.1) is 0 Å².